The number of hydrogen-bond donors (Lipinski definition) is 2. The van der Waals surface area contributed by atoms with E-state index in [1.54, 1.807) is 0 Å². The lowest BCUT2D eigenvalue weighted by atomic mass is 10.2. The van der Waals surface area contributed by atoms with Crippen molar-refractivity contribution in [3.8, 4) is 0 Å². The van der Waals surface area contributed by atoms with Gasteiger partial charge >= 0.3 is 0 Å². The number of rotatable bonds is 3. The lowest BCUT2D eigenvalue weighted by Gasteiger charge is -1.99. The van der Waals surface area contributed by atoms with E-state index in [2.05, 4.69) is 37.2 Å². The molecular weight excluding hydrogens is 222 g/mol. The summed E-state index contributed by atoms with van der Waals surface area (Å²) in [7, 11) is 0. The summed E-state index contributed by atoms with van der Waals surface area (Å²) in [6, 6.07) is 8.21. The Labute approximate surface area is 95.7 Å². The topological polar surface area (TPSA) is 66.5 Å². The first-order valence-electron chi connectivity index (χ1n) is 4.87. The van der Waals surface area contributed by atoms with Gasteiger partial charge in [0.25, 0.3) is 0 Å². The van der Waals surface area contributed by atoms with Crippen LogP contribution in [0.25, 0.3) is 10.9 Å². The predicted molar refractivity (Wildman–Crippen MR) is 63.3 cm³/mol. The van der Waals surface area contributed by atoms with Crippen LogP contribution in [-0.4, -0.2) is 19.8 Å². The molecule has 5 nitrogen and oxygen atoms in total. The van der Waals surface area contributed by atoms with Crippen LogP contribution in [-0.2, 0) is 6.54 Å². The Kier molecular flexibility index (Phi) is 2.26. The lowest BCUT2D eigenvalue weighted by molar-refractivity contribution is 0.951. The summed E-state index contributed by atoms with van der Waals surface area (Å²) in [5.74, 6) is 0. The molecule has 0 fully saturated rings. The van der Waals surface area contributed by atoms with Crippen molar-refractivity contribution >= 4 is 27.6 Å². The number of nitrogens with one attached hydrogen (secondary N) is 2. The fourth-order valence-electron chi connectivity index (χ4n) is 1.65. The van der Waals surface area contributed by atoms with E-state index in [4.69, 9.17) is 0 Å². The summed E-state index contributed by atoms with van der Waals surface area (Å²) in [4.78, 5) is 3.23. The number of hydrogen-bond acceptors (Lipinski definition) is 5. The quantitative estimate of drug-likeness (QED) is 0.723. The Morgan fingerprint density at radius 2 is 2.25 bits per heavy atom. The molecule has 16 heavy (non-hydrogen) atoms. The SMILES string of the molecule is c1ccc2c(CNc3nnns3)c[nH]c2c1. The van der Waals surface area contributed by atoms with E-state index >= 15 is 0 Å². The average molecular weight is 231 g/mol. The smallest absolute Gasteiger partial charge is 0.225 e. The molecule has 80 valence electrons. The largest absolute Gasteiger partial charge is 0.361 e. The van der Waals surface area contributed by atoms with Crippen molar-refractivity contribution in [2.75, 3.05) is 5.32 Å². The van der Waals surface area contributed by atoms with Crippen LogP contribution in [0.4, 0.5) is 5.13 Å². The minimum atomic E-state index is 0.723. The van der Waals surface area contributed by atoms with Crippen molar-refractivity contribution in [2.45, 2.75) is 6.54 Å². The van der Waals surface area contributed by atoms with Gasteiger partial charge in [-0.2, -0.15) is 0 Å². The number of nitrogens with zero attached hydrogens (tertiary/aromatic N) is 3. The summed E-state index contributed by atoms with van der Waals surface area (Å²) < 4.78 is 3.69. The lowest BCUT2D eigenvalue weighted by Crippen LogP contribution is -1.97. The first-order chi connectivity index (χ1) is 7.93. The molecule has 0 unspecified atom stereocenters. The van der Waals surface area contributed by atoms with Crippen LogP contribution in [0.5, 0.6) is 0 Å². The van der Waals surface area contributed by atoms with Crippen LogP contribution in [0, 0.1) is 0 Å². The molecule has 2 N–H and O–H groups in total. The molecule has 6 heteroatoms. The number of fused-ring (bicyclic) bond motifs is 1. The second-order valence-electron chi connectivity index (χ2n) is 3.38. The van der Waals surface area contributed by atoms with Gasteiger partial charge in [0, 0.05) is 35.2 Å². The zero-order valence-corrected chi connectivity index (χ0v) is 9.16. The minimum Gasteiger partial charge on any atom is -0.361 e. The maximum atomic E-state index is 3.83. The van der Waals surface area contributed by atoms with Gasteiger partial charge in [-0.1, -0.05) is 27.8 Å². The first kappa shape index (κ1) is 9.29. The highest BCUT2D eigenvalue weighted by Gasteiger charge is 2.03. The number of anilines is 1. The van der Waals surface area contributed by atoms with Crippen LogP contribution in [0.15, 0.2) is 30.5 Å². The van der Waals surface area contributed by atoms with Gasteiger partial charge in [0.1, 0.15) is 0 Å². The normalized spacial score (nSPS) is 10.8. The summed E-state index contributed by atoms with van der Waals surface area (Å²) in [6.07, 6.45) is 2.01. The van der Waals surface area contributed by atoms with E-state index in [0.717, 1.165) is 17.2 Å². The van der Waals surface area contributed by atoms with Crippen molar-refractivity contribution < 1.29 is 0 Å². The Morgan fingerprint density at radius 3 is 3.12 bits per heavy atom. The third kappa shape index (κ3) is 1.63. The molecule has 0 atom stereocenters. The van der Waals surface area contributed by atoms with Crippen molar-refractivity contribution in [3.05, 3.63) is 36.0 Å². The molecule has 0 aliphatic carbocycles. The number of aromatic amines is 1. The van der Waals surface area contributed by atoms with Crippen molar-refractivity contribution in [3.63, 3.8) is 0 Å². The van der Waals surface area contributed by atoms with Crippen molar-refractivity contribution in [1.82, 2.24) is 19.8 Å². The zero-order valence-electron chi connectivity index (χ0n) is 8.34. The van der Waals surface area contributed by atoms with Gasteiger partial charge in [0.05, 0.1) is 0 Å². The number of benzene rings is 1. The Hall–Kier alpha value is -1.95. The predicted octanol–water partition coefficient (Wildman–Crippen LogP) is 2.03. The third-order valence-electron chi connectivity index (χ3n) is 2.40. The molecule has 1 aromatic carbocycles. The van der Waals surface area contributed by atoms with E-state index in [-0.39, 0.29) is 0 Å². The molecule has 0 aliphatic heterocycles. The van der Waals surface area contributed by atoms with E-state index in [0.29, 0.717) is 0 Å². The van der Waals surface area contributed by atoms with Crippen LogP contribution < -0.4 is 5.32 Å². The summed E-state index contributed by atoms with van der Waals surface area (Å²) in [5, 5.41) is 12.5. The zero-order chi connectivity index (χ0) is 10.8. The van der Waals surface area contributed by atoms with Crippen molar-refractivity contribution in [2.24, 2.45) is 0 Å². The van der Waals surface area contributed by atoms with E-state index in [1.807, 2.05) is 18.3 Å². The Balaban J connectivity index is 1.84. The molecule has 2 aromatic heterocycles. The fourth-order valence-corrected chi connectivity index (χ4v) is 2.01. The van der Waals surface area contributed by atoms with Crippen LogP contribution in [0.3, 0.4) is 0 Å². The molecule has 0 aliphatic rings. The molecule has 0 amide bonds. The van der Waals surface area contributed by atoms with Crippen molar-refractivity contribution in [1.29, 1.82) is 0 Å². The summed E-state index contributed by atoms with van der Waals surface area (Å²) in [5.41, 5.74) is 2.36. The van der Waals surface area contributed by atoms with Crippen LogP contribution in [0.2, 0.25) is 0 Å². The second-order valence-corrected chi connectivity index (χ2v) is 4.11. The Morgan fingerprint density at radius 1 is 1.31 bits per heavy atom. The van der Waals surface area contributed by atoms with E-state index in [9.17, 15) is 0 Å². The standard InChI is InChI=1S/C10H9N5S/c1-2-4-9-8(3-1)7(5-11-9)6-12-10-13-14-15-16-10/h1-5,11H,6H2,(H,12,13,15). The van der Waals surface area contributed by atoms with Gasteiger partial charge in [-0.15, -0.1) is 0 Å². The fraction of sp³-hybridized carbons (Fsp3) is 0.100. The first-order valence-corrected chi connectivity index (χ1v) is 5.65. The monoisotopic (exact) mass is 231 g/mol. The maximum absolute atomic E-state index is 3.83. The number of aromatic nitrogens is 4. The average Bonchev–Trinajstić information content (AvgIpc) is 2.96. The highest BCUT2D eigenvalue weighted by molar-refractivity contribution is 7.09. The Bertz CT molecular complexity index is 586. The van der Waals surface area contributed by atoms with E-state index in [1.165, 1.54) is 22.5 Å². The number of para-hydroxylation sites is 1. The molecule has 0 bridgehead atoms. The maximum Gasteiger partial charge on any atom is 0.225 e. The van der Waals surface area contributed by atoms with Crippen LogP contribution in [0.1, 0.15) is 5.56 Å². The molecule has 2 heterocycles. The highest BCUT2D eigenvalue weighted by Crippen LogP contribution is 2.18. The molecule has 3 rings (SSSR count). The number of H-pyrrole nitrogens is 1. The van der Waals surface area contributed by atoms with Crippen LogP contribution >= 0.6 is 11.5 Å². The molecule has 0 spiro atoms. The van der Waals surface area contributed by atoms with Gasteiger partial charge in [-0.25, -0.2) is 0 Å². The van der Waals surface area contributed by atoms with Gasteiger partial charge in [0.2, 0.25) is 5.13 Å². The molecular formula is C10H9N5S. The summed E-state index contributed by atoms with van der Waals surface area (Å²) >= 11 is 1.26. The second kappa shape index (κ2) is 3.90. The summed E-state index contributed by atoms with van der Waals surface area (Å²) in [6.45, 7) is 0.723. The van der Waals surface area contributed by atoms with Gasteiger partial charge in [-0.05, 0) is 16.8 Å². The molecule has 0 radical (unpaired) electrons. The highest BCUT2D eigenvalue weighted by atomic mass is 32.1. The van der Waals surface area contributed by atoms with Gasteiger partial charge in [-0.3, -0.25) is 0 Å². The third-order valence-corrected chi connectivity index (χ3v) is 2.96. The minimum absolute atomic E-state index is 0.723. The molecule has 3 aromatic rings. The molecule has 0 saturated heterocycles. The van der Waals surface area contributed by atoms with E-state index < -0.39 is 0 Å². The van der Waals surface area contributed by atoms with Gasteiger partial charge in [0.15, 0.2) is 0 Å². The molecule has 0 saturated carbocycles. The van der Waals surface area contributed by atoms with Gasteiger partial charge < -0.3 is 10.3 Å².